The van der Waals surface area contributed by atoms with Crippen LogP contribution in [0.1, 0.15) is 21.7 Å². The second-order valence-corrected chi connectivity index (χ2v) is 4.43. The molecule has 7 nitrogen and oxygen atoms in total. The maximum absolute atomic E-state index is 12.4. The fraction of sp³-hybridized carbons (Fsp3) is 0.545. The van der Waals surface area contributed by atoms with Crippen molar-refractivity contribution in [2.75, 3.05) is 19.6 Å². The van der Waals surface area contributed by atoms with Gasteiger partial charge < -0.3 is 16.0 Å². The Balaban J connectivity index is 2.29. The highest BCUT2D eigenvalue weighted by Crippen LogP contribution is 2.15. The minimum absolute atomic E-state index is 0.191. The van der Waals surface area contributed by atoms with Crippen LogP contribution in [0, 0.1) is 13.8 Å². The van der Waals surface area contributed by atoms with Crippen LogP contribution in [0.2, 0.25) is 0 Å². The van der Waals surface area contributed by atoms with Crippen molar-refractivity contribution in [3.8, 4) is 0 Å². The molecule has 2 rings (SSSR count). The number of hydrogen-bond acceptors (Lipinski definition) is 4. The highest BCUT2D eigenvalue weighted by Gasteiger charge is 2.33. The number of nitrogens with one attached hydrogen (secondary N) is 2. The number of aryl methyl sites for hydroxylation is 2. The summed E-state index contributed by atoms with van der Waals surface area (Å²) in [4.78, 5) is 25.3. The number of rotatable bonds is 2. The molecule has 18 heavy (non-hydrogen) atoms. The van der Waals surface area contributed by atoms with Crippen LogP contribution in [0.15, 0.2) is 0 Å². The number of hydrogen-bond donors (Lipinski definition) is 3. The average Bonchev–Trinajstić information content (AvgIpc) is 2.68. The number of nitrogens with zero attached hydrogens (tertiary/aromatic N) is 2. The fourth-order valence-corrected chi connectivity index (χ4v) is 2.21. The van der Waals surface area contributed by atoms with E-state index in [1.54, 1.807) is 13.8 Å². The van der Waals surface area contributed by atoms with E-state index in [9.17, 15) is 9.59 Å². The fourth-order valence-electron chi connectivity index (χ4n) is 2.21. The normalized spacial score (nSPS) is 19.9. The molecule has 1 unspecified atom stereocenters. The van der Waals surface area contributed by atoms with Gasteiger partial charge in [0, 0.05) is 25.3 Å². The molecule has 1 aromatic heterocycles. The van der Waals surface area contributed by atoms with Gasteiger partial charge in [0.1, 0.15) is 6.04 Å². The van der Waals surface area contributed by atoms with Gasteiger partial charge >= 0.3 is 0 Å². The van der Waals surface area contributed by atoms with E-state index in [-0.39, 0.29) is 5.91 Å². The molecule has 0 aliphatic carbocycles. The zero-order valence-corrected chi connectivity index (χ0v) is 10.5. The molecule has 1 aliphatic rings. The van der Waals surface area contributed by atoms with Crippen molar-refractivity contribution in [3.63, 3.8) is 0 Å². The van der Waals surface area contributed by atoms with Crippen molar-refractivity contribution < 1.29 is 9.59 Å². The number of carbonyl (C=O) groups is 2. The van der Waals surface area contributed by atoms with E-state index in [0.717, 1.165) is 0 Å². The molecule has 7 heteroatoms. The molecule has 0 spiro atoms. The van der Waals surface area contributed by atoms with Crippen molar-refractivity contribution >= 4 is 11.8 Å². The second kappa shape index (κ2) is 4.77. The van der Waals surface area contributed by atoms with Gasteiger partial charge in [-0.1, -0.05) is 0 Å². The summed E-state index contributed by atoms with van der Waals surface area (Å²) in [7, 11) is 0. The topological polar surface area (TPSA) is 104 Å². The summed E-state index contributed by atoms with van der Waals surface area (Å²) in [6, 6.07) is -0.597. The highest BCUT2D eigenvalue weighted by molar-refractivity contribution is 5.99. The molecular weight excluding hydrogens is 234 g/mol. The Morgan fingerprint density at radius 2 is 2.17 bits per heavy atom. The number of aromatic amines is 1. The third-order valence-electron chi connectivity index (χ3n) is 3.17. The van der Waals surface area contributed by atoms with Gasteiger partial charge in [0.2, 0.25) is 5.91 Å². The summed E-state index contributed by atoms with van der Waals surface area (Å²) >= 11 is 0. The van der Waals surface area contributed by atoms with E-state index in [0.29, 0.717) is 36.6 Å². The Morgan fingerprint density at radius 3 is 2.72 bits per heavy atom. The second-order valence-electron chi connectivity index (χ2n) is 4.43. The average molecular weight is 251 g/mol. The van der Waals surface area contributed by atoms with Crippen LogP contribution >= 0.6 is 0 Å². The van der Waals surface area contributed by atoms with Gasteiger partial charge in [0.15, 0.2) is 0 Å². The Labute approximate surface area is 105 Å². The van der Waals surface area contributed by atoms with E-state index in [2.05, 4.69) is 15.5 Å². The van der Waals surface area contributed by atoms with Gasteiger partial charge in [-0.2, -0.15) is 5.10 Å². The van der Waals surface area contributed by atoms with Crippen LogP contribution in [0.25, 0.3) is 0 Å². The molecule has 1 atom stereocenters. The molecule has 4 N–H and O–H groups in total. The maximum atomic E-state index is 12.4. The molecule has 1 aliphatic heterocycles. The summed E-state index contributed by atoms with van der Waals surface area (Å²) in [5.41, 5.74) is 7.21. The van der Waals surface area contributed by atoms with Crippen molar-refractivity contribution in [2.45, 2.75) is 19.9 Å². The van der Waals surface area contributed by atoms with Crippen LogP contribution in [-0.2, 0) is 4.79 Å². The smallest absolute Gasteiger partial charge is 0.258 e. The summed E-state index contributed by atoms with van der Waals surface area (Å²) in [5, 5.41) is 9.83. The SMILES string of the molecule is Cc1n[nH]c(C)c1C(=O)N1CCNCC1C(N)=O. The predicted molar refractivity (Wildman–Crippen MR) is 65.0 cm³/mol. The Bertz CT molecular complexity index is 462. The predicted octanol–water partition coefficient (Wildman–Crippen LogP) is -1.07. The van der Waals surface area contributed by atoms with Gasteiger partial charge in [-0.05, 0) is 13.8 Å². The van der Waals surface area contributed by atoms with Crippen LogP contribution in [-0.4, -0.2) is 52.6 Å². The molecule has 0 aromatic carbocycles. The lowest BCUT2D eigenvalue weighted by Crippen LogP contribution is -2.58. The lowest BCUT2D eigenvalue weighted by Gasteiger charge is -2.34. The van der Waals surface area contributed by atoms with Crippen LogP contribution in [0.3, 0.4) is 0 Å². The van der Waals surface area contributed by atoms with E-state index < -0.39 is 11.9 Å². The quantitative estimate of drug-likeness (QED) is 0.622. The van der Waals surface area contributed by atoms with Gasteiger partial charge in [-0.15, -0.1) is 0 Å². The first kappa shape index (κ1) is 12.6. The van der Waals surface area contributed by atoms with Crippen molar-refractivity contribution in [2.24, 2.45) is 5.73 Å². The first-order valence-corrected chi connectivity index (χ1v) is 5.85. The van der Waals surface area contributed by atoms with E-state index in [1.807, 2.05) is 0 Å². The van der Waals surface area contributed by atoms with Crippen molar-refractivity contribution in [1.82, 2.24) is 20.4 Å². The Kier molecular flexibility index (Phi) is 3.33. The number of carbonyl (C=O) groups excluding carboxylic acids is 2. The first-order valence-electron chi connectivity index (χ1n) is 5.85. The molecule has 0 bridgehead atoms. The van der Waals surface area contributed by atoms with E-state index >= 15 is 0 Å². The zero-order chi connectivity index (χ0) is 13.3. The van der Waals surface area contributed by atoms with E-state index in [1.165, 1.54) is 4.90 Å². The minimum atomic E-state index is -0.597. The first-order chi connectivity index (χ1) is 8.52. The number of amides is 2. The third-order valence-corrected chi connectivity index (χ3v) is 3.17. The van der Waals surface area contributed by atoms with Crippen LogP contribution in [0.5, 0.6) is 0 Å². The lowest BCUT2D eigenvalue weighted by atomic mass is 10.1. The third kappa shape index (κ3) is 2.08. The molecule has 1 fully saturated rings. The molecule has 0 radical (unpaired) electrons. The number of H-pyrrole nitrogens is 1. The number of primary amides is 1. The molecule has 1 aromatic rings. The lowest BCUT2D eigenvalue weighted by molar-refractivity contribution is -0.122. The highest BCUT2D eigenvalue weighted by atomic mass is 16.2. The summed E-state index contributed by atoms with van der Waals surface area (Å²) in [5.74, 6) is -0.682. The van der Waals surface area contributed by atoms with Gasteiger partial charge in [0.25, 0.3) is 5.91 Å². The number of piperazine rings is 1. The Hall–Kier alpha value is -1.89. The van der Waals surface area contributed by atoms with Gasteiger partial charge in [-0.25, -0.2) is 0 Å². The van der Waals surface area contributed by atoms with Crippen LogP contribution in [0.4, 0.5) is 0 Å². The number of aromatic nitrogens is 2. The Morgan fingerprint density at radius 1 is 1.44 bits per heavy atom. The van der Waals surface area contributed by atoms with Crippen molar-refractivity contribution in [3.05, 3.63) is 17.0 Å². The standard InChI is InChI=1S/C11H17N5O2/c1-6-9(7(2)15-14-6)11(18)16-4-3-13-5-8(16)10(12)17/h8,13H,3-5H2,1-2H3,(H2,12,17)(H,14,15). The number of nitrogens with two attached hydrogens (primary N) is 1. The summed E-state index contributed by atoms with van der Waals surface area (Å²) in [6.45, 7) is 5.08. The summed E-state index contributed by atoms with van der Waals surface area (Å²) < 4.78 is 0. The van der Waals surface area contributed by atoms with Crippen LogP contribution < -0.4 is 11.1 Å². The summed E-state index contributed by atoms with van der Waals surface area (Å²) in [6.07, 6.45) is 0. The van der Waals surface area contributed by atoms with Gasteiger partial charge in [-0.3, -0.25) is 14.7 Å². The zero-order valence-electron chi connectivity index (χ0n) is 10.5. The molecule has 2 heterocycles. The minimum Gasteiger partial charge on any atom is -0.368 e. The van der Waals surface area contributed by atoms with Gasteiger partial charge in [0.05, 0.1) is 11.3 Å². The van der Waals surface area contributed by atoms with Crippen molar-refractivity contribution in [1.29, 1.82) is 0 Å². The molecule has 2 amide bonds. The largest absolute Gasteiger partial charge is 0.368 e. The molecular formula is C11H17N5O2. The molecule has 1 saturated heterocycles. The van der Waals surface area contributed by atoms with E-state index in [4.69, 9.17) is 5.73 Å². The monoisotopic (exact) mass is 251 g/mol. The molecule has 98 valence electrons. The molecule has 0 saturated carbocycles. The maximum Gasteiger partial charge on any atom is 0.258 e.